The van der Waals surface area contributed by atoms with Crippen molar-refractivity contribution in [2.75, 3.05) is 38.6 Å². The predicted molar refractivity (Wildman–Crippen MR) is 181 cm³/mol. The lowest BCUT2D eigenvalue weighted by Crippen LogP contribution is -2.43. The summed E-state index contributed by atoms with van der Waals surface area (Å²) in [6, 6.07) is 2.21. The fourth-order valence-electron chi connectivity index (χ4n) is 9.78. The van der Waals surface area contributed by atoms with E-state index in [2.05, 4.69) is 11.0 Å². The molecule has 2 N–H and O–H groups in total. The van der Waals surface area contributed by atoms with Crippen LogP contribution in [0.4, 0.5) is 9.39 Å². The summed E-state index contributed by atoms with van der Waals surface area (Å²) in [4.78, 5) is 27.6. The Morgan fingerprint density at radius 1 is 1.18 bits per heavy atom. The lowest BCUT2D eigenvalue weighted by Gasteiger charge is -2.39. The van der Waals surface area contributed by atoms with Crippen LogP contribution < -0.4 is 16.2 Å². The number of thiophene rings is 1. The number of halogens is 1. The standard InChI is InChI=1S/C35H41FN8O4S/c1-2-43-26-31(44(33(43)45)21-7-5-14-46-18-21)39-30(40-32(26)47-19-34-10-6-13-42(34)17-20(36)15-34)27-22-8-3-11-35(28(22)41-48-27)12-4-9-24-25(35)23(16-37)29(38)49-24/h20-21H,2-15,17-19,38H2,1H3/t20-,21-,34+,35+/m1/s1. The minimum absolute atomic E-state index is 0.179. The van der Waals surface area contributed by atoms with Gasteiger partial charge in [0.15, 0.2) is 11.2 Å². The van der Waals surface area contributed by atoms with E-state index < -0.39 is 17.1 Å². The van der Waals surface area contributed by atoms with Crippen molar-refractivity contribution in [3.8, 4) is 23.5 Å². The summed E-state index contributed by atoms with van der Waals surface area (Å²) in [6.07, 6.45) is 8.20. The number of aryl methyl sites for hydroxylation is 2. The Balaban J connectivity index is 1.21. The summed E-state index contributed by atoms with van der Waals surface area (Å²) in [7, 11) is 0. The first-order valence-corrected chi connectivity index (χ1v) is 18.6. The quantitative estimate of drug-likeness (QED) is 0.292. The smallest absolute Gasteiger partial charge is 0.330 e. The van der Waals surface area contributed by atoms with Gasteiger partial charge in [0, 0.05) is 42.0 Å². The number of rotatable bonds is 6. The molecule has 14 heteroatoms. The molecule has 0 aromatic carbocycles. The van der Waals surface area contributed by atoms with E-state index in [4.69, 9.17) is 34.9 Å². The molecule has 3 aliphatic heterocycles. The number of hydrogen-bond donors (Lipinski definition) is 1. The van der Waals surface area contributed by atoms with Gasteiger partial charge in [0.1, 0.15) is 23.8 Å². The number of nitriles is 1. The zero-order chi connectivity index (χ0) is 33.5. The molecule has 3 saturated heterocycles. The number of nitrogens with two attached hydrogens (primary N) is 1. The fourth-order valence-corrected chi connectivity index (χ4v) is 10.9. The van der Waals surface area contributed by atoms with Gasteiger partial charge >= 0.3 is 5.69 Å². The minimum atomic E-state index is -0.889. The Kier molecular flexibility index (Phi) is 7.41. The summed E-state index contributed by atoms with van der Waals surface area (Å²) >= 11 is 1.52. The van der Waals surface area contributed by atoms with Gasteiger partial charge in [0.25, 0.3) is 0 Å². The highest BCUT2D eigenvalue weighted by Gasteiger charge is 2.50. The molecule has 258 valence electrons. The Hall–Kier alpha value is -3.80. The average molecular weight is 689 g/mol. The van der Waals surface area contributed by atoms with Gasteiger partial charge < -0.3 is 19.7 Å². The van der Waals surface area contributed by atoms with Crippen LogP contribution in [0.3, 0.4) is 0 Å². The third kappa shape index (κ3) is 4.57. The molecule has 49 heavy (non-hydrogen) atoms. The second kappa shape index (κ2) is 11.6. The molecule has 7 heterocycles. The highest BCUT2D eigenvalue weighted by atomic mass is 32.1. The first-order chi connectivity index (χ1) is 23.9. The maximum atomic E-state index is 14.7. The number of fused-ring (bicyclic) bond motifs is 6. The van der Waals surface area contributed by atoms with Crippen LogP contribution in [0.5, 0.6) is 5.88 Å². The van der Waals surface area contributed by atoms with E-state index >= 15 is 0 Å². The fraction of sp³-hybridized carbons (Fsp3) is 0.629. The molecule has 4 aromatic rings. The van der Waals surface area contributed by atoms with Crippen molar-refractivity contribution < 1.29 is 18.4 Å². The maximum absolute atomic E-state index is 14.7. The van der Waals surface area contributed by atoms with Gasteiger partial charge in [-0.25, -0.2) is 14.2 Å². The Morgan fingerprint density at radius 2 is 2.04 bits per heavy atom. The number of ether oxygens (including phenoxy) is 2. The lowest BCUT2D eigenvalue weighted by molar-refractivity contribution is 0.0590. The second-order valence-electron chi connectivity index (χ2n) is 14.5. The van der Waals surface area contributed by atoms with Gasteiger partial charge in [-0.05, 0) is 83.2 Å². The third-order valence-corrected chi connectivity index (χ3v) is 13.0. The molecule has 9 rings (SSSR count). The molecule has 1 spiro atoms. The van der Waals surface area contributed by atoms with Crippen molar-refractivity contribution in [2.24, 2.45) is 0 Å². The number of aromatic nitrogens is 5. The molecule has 0 saturated carbocycles. The second-order valence-corrected chi connectivity index (χ2v) is 15.7. The first-order valence-electron chi connectivity index (χ1n) is 17.8. The molecule has 4 atom stereocenters. The zero-order valence-corrected chi connectivity index (χ0v) is 28.6. The van der Waals surface area contributed by atoms with E-state index in [1.807, 2.05) is 6.92 Å². The van der Waals surface area contributed by atoms with Crippen LogP contribution in [0, 0.1) is 11.3 Å². The first kappa shape index (κ1) is 31.2. The zero-order valence-electron chi connectivity index (χ0n) is 27.8. The number of nitrogens with zero attached hydrogens (tertiary/aromatic N) is 7. The normalized spacial score (nSPS) is 28.1. The predicted octanol–water partition coefficient (Wildman–Crippen LogP) is 5.05. The monoisotopic (exact) mass is 688 g/mol. The van der Waals surface area contributed by atoms with Crippen LogP contribution in [0.1, 0.15) is 98.0 Å². The molecular formula is C35H41FN8O4S. The van der Waals surface area contributed by atoms with Gasteiger partial charge in [0.2, 0.25) is 17.5 Å². The molecule has 0 bridgehead atoms. The highest BCUT2D eigenvalue weighted by molar-refractivity contribution is 7.16. The van der Waals surface area contributed by atoms with Crippen molar-refractivity contribution in [3.63, 3.8) is 0 Å². The molecular weight excluding hydrogens is 648 g/mol. The third-order valence-electron chi connectivity index (χ3n) is 11.9. The molecule has 3 fully saturated rings. The number of anilines is 1. The average Bonchev–Trinajstić information content (AvgIpc) is 3.90. The van der Waals surface area contributed by atoms with E-state index in [-0.39, 0.29) is 18.3 Å². The topological polar surface area (TPSA) is 150 Å². The van der Waals surface area contributed by atoms with Crippen molar-refractivity contribution in [2.45, 2.75) is 107 Å². The van der Waals surface area contributed by atoms with E-state index in [1.54, 1.807) is 9.13 Å². The molecule has 12 nitrogen and oxygen atoms in total. The van der Waals surface area contributed by atoms with E-state index in [9.17, 15) is 14.4 Å². The summed E-state index contributed by atoms with van der Waals surface area (Å²) < 4.78 is 36.9. The molecule has 0 unspecified atom stereocenters. The molecule has 0 radical (unpaired) electrons. The van der Waals surface area contributed by atoms with Gasteiger partial charge in [0.05, 0.1) is 29.4 Å². The summed E-state index contributed by atoms with van der Waals surface area (Å²) in [5.41, 5.74) is 9.69. The summed E-state index contributed by atoms with van der Waals surface area (Å²) in [5.74, 6) is 1.07. The van der Waals surface area contributed by atoms with Crippen molar-refractivity contribution in [1.29, 1.82) is 5.26 Å². The summed E-state index contributed by atoms with van der Waals surface area (Å²) in [5, 5.41) is 15.4. The van der Waals surface area contributed by atoms with E-state index in [1.165, 1.54) is 11.3 Å². The Bertz CT molecular complexity index is 2050. The highest BCUT2D eigenvalue weighted by Crippen LogP contribution is 2.55. The van der Waals surface area contributed by atoms with Crippen molar-refractivity contribution in [3.05, 3.63) is 37.7 Å². The largest absolute Gasteiger partial charge is 0.474 e. The molecule has 4 aromatic heterocycles. The molecule has 0 amide bonds. The number of imidazole rings is 1. The maximum Gasteiger partial charge on any atom is 0.330 e. The Labute approximate surface area is 287 Å². The SMILES string of the molecule is CCn1c(=O)n([C@@H]2CCCOC2)c2nc(-c3onc4c3CCC[C@@]43CCCc4sc(N)c(C#N)c43)nc(OC[C@@]34CCCN3C[C@H](F)C4)c21. The minimum Gasteiger partial charge on any atom is -0.474 e. The molecule has 2 aliphatic carbocycles. The lowest BCUT2D eigenvalue weighted by atomic mass is 9.62. The van der Waals surface area contributed by atoms with Gasteiger partial charge in [-0.2, -0.15) is 10.2 Å². The Morgan fingerprint density at radius 3 is 2.84 bits per heavy atom. The van der Waals surface area contributed by atoms with Crippen molar-refractivity contribution >= 4 is 27.5 Å². The van der Waals surface area contributed by atoms with Crippen LogP contribution >= 0.6 is 11.3 Å². The number of alkyl halides is 1. The summed E-state index contributed by atoms with van der Waals surface area (Å²) in [6.45, 7) is 4.96. The van der Waals surface area contributed by atoms with E-state index in [0.29, 0.717) is 71.9 Å². The van der Waals surface area contributed by atoms with Crippen LogP contribution in [0.15, 0.2) is 9.32 Å². The van der Waals surface area contributed by atoms with Crippen molar-refractivity contribution in [1.82, 2.24) is 29.2 Å². The number of nitrogen functional groups attached to an aromatic ring is 1. The van der Waals surface area contributed by atoms with Crippen LogP contribution in [0.25, 0.3) is 22.7 Å². The van der Waals surface area contributed by atoms with E-state index in [0.717, 1.165) is 92.5 Å². The van der Waals surface area contributed by atoms with Crippen LogP contribution in [-0.2, 0) is 29.5 Å². The number of hydrogen-bond acceptors (Lipinski definition) is 11. The van der Waals surface area contributed by atoms with Crippen LogP contribution in [0.2, 0.25) is 0 Å². The van der Waals surface area contributed by atoms with Gasteiger partial charge in [-0.3, -0.25) is 14.0 Å². The van der Waals surface area contributed by atoms with Gasteiger partial charge in [-0.15, -0.1) is 11.3 Å². The van der Waals surface area contributed by atoms with Crippen LogP contribution in [-0.4, -0.2) is 73.8 Å². The molecule has 5 aliphatic rings. The van der Waals surface area contributed by atoms with Gasteiger partial charge in [-0.1, -0.05) is 5.16 Å².